The van der Waals surface area contributed by atoms with Crippen LogP contribution in [0.4, 0.5) is 5.69 Å². The summed E-state index contributed by atoms with van der Waals surface area (Å²) in [5.74, 6) is -0.327. The third kappa shape index (κ3) is 3.22. The molecule has 0 aliphatic rings. The Morgan fingerprint density at radius 3 is 2.67 bits per heavy atom. The van der Waals surface area contributed by atoms with Gasteiger partial charge in [-0.1, -0.05) is 29.3 Å². The minimum Gasteiger partial charge on any atom is -0.321 e. The monoisotopic (exact) mass is 344 g/mol. The second-order valence-corrected chi connectivity index (χ2v) is 5.08. The third-order valence-electron chi connectivity index (χ3n) is 2.13. The Morgan fingerprint density at radius 1 is 1.22 bits per heavy atom. The van der Waals surface area contributed by atoms with Crippen molar-refractivity contribution >= 4 is 50.7 Å². The molecule has 0 unspecified atom stereocenters. The molecular formula is C12H7BrCl2N2O. The Labute approximate surface area is 122 Å². The standard InChI is InChI=1S/C12H7BrCl2N2O/c13-8-6-7(4-5-9(8)14)16-12(18)10-2-1-3-11(15)17-10/h1-6H,(H,16,18). The van der Waals surface area contributed by atoms with E-state index in [1.54, 1.807) is 36.4 Å². The van der Waals surface area contributed by atoms with E-state index in [0.717, 1.165) is 0 Å². The van der Waals surface area contributed by atoms with Gasteiger partial charge in [-0.05, 0) is 46.3 Å². The van der Waals surface area contributed by atoms with Gasteiger partial charge in [0.25, 0.3) is 5.91 Å². The smallest absolute Gasteiger partial charge is 0.274 e. The lowest BCUT2D eigenvalue weighted by atomic mass is 10.3. The summed E-state index contributed by atoms with van der Waals surface area (Å²) in [5, 5.41) is 3.56. The highest BCUT2D eigenvalue weighted by atomic mass is 79.9. The highest BCUT2D eigenvalue weighted by Gasteiger charge is 2.08. The van der Waals surface area contributed by atoms with Gasteiger partial charge in [-0.25, -0.2) is 4.98 Å². The maximum absolute atomic E-state index is 11.9. The number of anilines is 1. The molecule has 0 radical (unpaired) electrons. The first-order chi connectivity index (χ1) is 8.56. The van der Waals surface area contributed by atoms with Gasteiger partial charge in [0, 0.05) is 10.2 Å². The van der Waals surface area contributed by atoms with Crippen molar-refractivity contribution in [1.82, 2.24) is 4.98 Å². The average molecular weight is 346 g/mol. The van der Waals surface area contributed by atoms with E-state index in [-0.39, 0.29) is 16.8 Å². The quantitative estimate of drug-likeness (QED) is 0.819. The molecule has 0 atom stereocenters. The second kappa shape index (κ2) is 5.69. The molecule has 0 saturated carbocycles. The van der Waals surface area contributed by atoms with Crippen LogP contribution in [0.25, 0.3) is 0 Å². The Morgan fingerprint density at radius 2 is 2.00 bits per heavy atom. The van der Waals surface area contributed by atoms with E-state index in [9.17, 15) is 4.79 Å². The summed E-state index contributed by atoms with van der Waals surface area (Å²) in [6.07, 6.45) is 0. The average Bonchev–Trinajstić information content (AvgIpc) is 2.34. The number of aromatic nitrogens is 1. The molecule has 0 aliphatic heterocycles. The number of amides is 1. The molecule has 3 nitrogen and oxygen atoms in total. The number of nitrogens with one attached hydrogen (secondary N) is 1. The minimum atomic E-state index is -0.327. The lowest BCUT2D eigenvalue weighted by Gasteiger charge is -2.06. The van der Waals surface area contributed by atoms with Crippen LogP contribution < -0.4 is 5.32 Å². The molecule has 6 heteroatoms. The molecule has 2 aromatic rings. The van der Waals surface area contributed by atoms with Gasteiger partial charge in [-0.3, -0.25) is 4.79 Å². The largest absolute Gasteiger partial charge is 0.321 e. The zero-order chi connectivity index (χ0) is 13.1. The maximum Gasteiger partial charge on any atom is 0.274 e. The Bertz CT molecular complexity index is 604. The molecule has 0 saturated heterocycles. The van der Waals surface area contributed by atoms with E-state index in [0.29, 0.717) is 15.2 Å². The molecular weight excluding hydrogens is 339 g/mol. The number of carbonyl (C=O) groups is 1. The molecule has 2 rings (SSSR count). The van der Waals surface area contributed by atoms with E-state index in [1.807, 2.05) is 0 Å². The van der Waals surface area contributed by atoms with Crippen molar-refractivity contribution in [2.24, 2.45) is 0 Å². The SMILES string of the molecule is O=C(Nc1ccc(Cl)c(Br)c1)c1cccc(Cl)n1. The van der Waals surface area contributed by atoms with Crippen LogP contribution in [0.15, 0.2) is 40.9 Å². The van der Waals surface area contributed by atoms with Gasteiger partial charge in [0.2, 0.25) is 0 Å². The van der Waals surface area contributed by atoms with Crippen molar-refractivity contribution in [3.63, 3.8) is 0 Å². The van der Waals surface area contributed by atoms with Gasteiger partial charge < -0.3 is 5.32 Å². The summed E-state index contributed by atoms with van der Waals surface area (Å²) < 4.78 is 0.709. The van der Waals surface area contributed by atoms with Gasteiger partial charge in [-0.2, -0.15) is 0 Å². The van der Waals surface area contributed by atoms with Crippen LogP contribution in [0, 0.1) is 0 Å². The van der Waals surface area contributed by atoms with Crippen molar-refractivity contribution in [1.29, 1.82) is 0 Å². The van der Waals surface area contributed by atoms with Gasteiger partial charge in [0.15, 0.2) is 0 Å². The Kier molecular flexibility index (Phi) is 4.22. The topological polar surface area (TPSA) is 42.0 Å². The van der Waals surface area contributed by atoms with Crippen LogP contribution in [0.2, 0.25) is 10.2 Å². The van der Waals surface area contributed by atoms with Crippen molar-refractivity contribution in [2.45, 2.75) is 0 Å². The highest BCUT2D eigenvalue weighted by Crippen LogP contribution is 2.25. The number of halogens is 3. The predicted molar refractivity (Wildman–Crippen MR) is 76.4 cm³/mol. The van der Waals surface area contributed by atoms with E-state index in [2.05, 4.69) is 26.2 Å². The number of carbonyl (C=O) groups excluding carboxylic acids is 1. The molecule has 1 heterocycles. The minimum absolute atomic E-state index is 0.258. The summed E-state index contributed by atoms with van der Waals surface area (Å²) in [4.78, 5) is 15.8. The number of hydrogen-bond donors (Lipinski definition) is 1. The summed E-state index contributed by atoms with van der Waals surface area (Å²) in [6.45, 7) is 0. The van der Waals surface area contributed by atoms with Gasteiger partial charge in [-0.15, -0.1) is 0 Å². The van der Waals surface area contributed by atoms with Crippen molar-refractivity contribution < 1.29 is 4.79 Å². The normalized spacial score (nSPS) is 10.2. The van der Waals surface area contributed by atoms with Crippen LogP contribution >= 0.6 is 39.1 Å². The van der Waals surface area contributed by atoms with E-state index in [1.165, 1.54) is 0 Å². The summed E-state index contributed by atoms with van der Waals surface area (Å²) in [5.41, 5.74) is 0.881. The predicted octanol–water partition coefficient (Wildman–Crippen LogP) is 4.40. The molecule has 1 amide bonds. The lowest BCUT2D eigenvalue weighted by Crippen LogP contribution is -2.13. The maximum atomic E-state index is 11.9. The lowest BCUT2D eigenvalue weighted by molar-refractivity contribution is 0.102. The van der Waals surface area contributed by atoms with Crippen LogP contribution in [0.1, 0.15) is 10.5 Å². The van der Waals surface area contributed by atoms with E-state index in [4.69, 9.17) is 23.2 Å². The zero-order valence-electron chi connectivity index (χ0n) is 8.95. The molecule has 0 aliphatic carbocycles. The number of benzene rings is 1. The van der Waals surface area contributed by atoms with Gasteiger partial charge in [0.05, 0.1) is 5.02 Å². The highest BCUT2D eigenvalue weighted by molar-refractivity contribution is 9.10. The molecule has 0 bridgehead atoms. The zero-order valence-corrected chi connectivity index (χ0v) is 12.1. The van der Waals surface area contributed by atoms with E-state index < -0.39 is 0 Å². The molecule has 0 fully saturated rings. The first-order valence-corrected chi connectivity index (χ1v) is 6.50. The van der Waals surface area contributed by atoms with Gasteiger partial charge >= 0.3 is 0 Å². The fourth-order valence-electron chi connectivity index (χ4n) is 1.30. The number of hydrogen-bond acceptors (Lipinski definition) is 2. The van der Waals surface area contributed by atoms with Crippen molar-refractivity contribution in [2.75, 3.05) is 5.32 Å². The second-order valence-electron chi connectivity index (χ2n) is 3.43. The molecule has 1 N–H and O–H groups in total. The molecule has 1 aromatic heterocycles. The summed E-state index contributed by atoms with van der Waals surface area (Å²) >= 11 is 14.9. The van der Waals surface area contributed by atoms with Crippen LogP contribution in [-0.4, -0.2) is 10.9 Å². The first-order valence-electron chi connectivity index (χ1n) is 4.95. The van der Waals surface area contributed by atoms with Crippen molar-refractivity contribution in [3.8, 4) is 0 Å². The summed E-state index contributed by atoms with van der Waals surface area (Å²) in [6, 6.07) is 9.97. The number of nitrogens with zero attached hydrogens (tertiary/aromatic N) is 1. The van der Waals surface area contributed by atoms with Gasteiger partial charge in [0.1, 0.15) is 10.8 Å². The number of rotatable bonds is 2. The molecule has 0 spiro atoms. The van der Waals surface area contributed by atoms with Crippen LogP contribution in [0.3, 0.4) is 0 Å². The first kappa shape index (κ1) is 13.3. The molecule has 92 valence electrons. The molecule has 1 aromatic carbocycles. The van der Waals surface area contributed by atoms with E-state index >= 15 is 0 Å². The van der Waals surface area contributed by atoms with Crippen LogP contribution in [0.5, 0.6) is 0 Å². The Balaban J connectivity index is 2.18. The Hall–Kier alpha value is -1.10. The fraction of sp³-hybridized carbons (Fsp3) is 0. The van der Waals surface area contributed by atoms with Crippen LogP contribution in [-0.2, 0) is 0 Å². The third-order valence-corrected chi connectivity index (χ3v) is 3.55. The summed E-state index contributed by atoms with van der Waals surface area (Å²) in [7, 11) is 0. The van der Waals surface area contributed by atoms with Crippen molar-refractivity contribution in [3.05, 3.63) is 56.7 Å². The fourth-order valence-corrected chi connectivity index (χ4v) is 1.96. The number of pyridine rings is 1. The molecule has 18 heavy (non-hydrogen) atoms.